The number of halogens is 2. The Bertz CT molecular complexity index is 818. The predicted octanol–water partition coefficient (Wildman–Crippen LogP) is 2.95. The van der Waals surface area contributed by atoms with E-state index in [-0.39, 0.29) is 43.2 Å². The number of amides is 2. The van der Waals surface area contributed by atoms with Crippen LogP contribution in [0.5, 0.6) is 0 Å². The van der Waals surface area contributed by atoms with E-state index < -0.39 is 0 Å². The molecule has 1 fully saturated rings. The van der Waals surface area contributed by atoms with E-state index in [1.54, 1.807) is 24.3 Å². The zero-order chi connectivity index (χ0) is 19.2. The number of hydrogen-bond acceptors (Lipinski definition) is 4. The van der Waals surface area contributed by atoms with Crippen LogP contribution in [0.2, 0.25) is 5.02 Å². The summed E-state index contributed by atoms with van der Waals surface area (Å²) >= 11 is 6.05. The number of piperidine rings is 1. The Morgan fingerprint density at radius 2 is 2.18 bits per heavy atom. The van der Waals surface area contributed by atoms with Gasteiger partial charge in [-0.15, -0.1) is 12.4 Å². The average Bonchev–Trinajstić information content (AvgIpc) is 3.16. The molecule has 0 radical (unpaired) electrons. The Kier molecular flexibility index (Phi) is 8.29. The molecule has 1 unspecified atom stereocenters. The minimum Gasteiger partial charge on any atom is -0.350 e. The van der Waals surface area contributed by atoms with E-state index in [2.05, 4.69) is 21.0 Å². The Morgan fingerprint density at radius 1 is 1.36 bits per heavy atom. The first-order valence-electron chi connectivity index (χ1n) is 9.13. The van der Waals surface area contributed by atoms with E-state index in [1.165, 1.54) is 0 Å². The number of carbonyl (C=O) groups is 2. The van der Waals surface area contributed by atoms with Gasteiger partial charge in [-0.3, -0.25) is 14.3 Å². The fraction of sp³-hybridized carbons (Fsp3) is 0.421. The van der Waals surface area contributed by atoms with E-state index in [0.717, 1.165) is 31.5 Å². The average molecular weight is 426 g/mol. The summed E-state index contributed by atoms with van der Waals surface area (Å²) in [5.41, 5.74) is 1.87. The van der Waals surface area contributed by atoms with Crippen molar-refractivity contribution in [1.29, 1.82) is 0 Å². The molecule has 2 heterocycles. The predicted molar refractivity (Wildman–Crippen MR) is 112 cm³/mol. The first-order valence-corrected chi connectivity index (χ1v) is 9.51. The summed E-state index contributed by atoms with van der Waals surface area (Å²) in [6.07, 6.45) is 4.16. The minimum atomic E-state index is -0.274. The molecule has 2 amide bonds. The molecule has 152 valence electrons. The van der Waals surface area contributed by atoms with Gasteiger partial charge in [-0.25, -0.2) is 0 Å². The highest BCUT2D eigenvalue weighted by molar-refractivity contribution is 6.31. The Hall–Kier alpha value is -2.09. The van der Waals surface area contributed by atoms with E-state index in [9.17, 15) is 9.59 Å². The molecule has 1 aromatic heterocycles. The molecule has 7 nitrogen and oxygen atoms in total. The van der Waals surface area contributed by atoms with Crippen LogP contribution in [0.15, 0.2) is 30.5 Å². The van der Waals surface area contributed by atoms with Gasteiger partial charge in [0.2, 0.25) is 5.91 Å². The molecular formula is C19H25Cl2N5O2. The molecule has 1 aliphatic heterocycles. The van der Waals surface area contributed by atoms with Crippen LogP contribution in [0, 0.1) is 6.92 Å². The normalized spacial score (nSPS) is 16.1. The van der Waals surface area contributed by atoms with Crippen LogP contribution in [0.1, 0.15) is 41.4 Å². The minimum absolute atomic E-state index is 0. The molecule has 0 saturated carbocycles. The van der Waals surface area contributed by atoms with Gasteiger partial charge in [-0.05, 0) is 50.1 Å². The summed E-state index contributed by atoms with van der Waals surface area (Å²) in [6, 6.07) is 7.34. The van der Waals surface area contributed by atoms with Crippen molar-refractivity contribution in [2.75, 3.05) is 25.0 Å². The largest absolute Gasteiger partial charge is 0.350 e. The van der Waals surface area contributed by atoms with E-state index >= 15 is 0 Å². The molecule has 0 aliphatic carbocycles. The Balaban J connectivity index is 0.00000280. The van der Waals surface area contributed by atoms with Crippen LogP contribution in [0.25, 0.3) is 0 Å². The monoisotopic (exact) mass is 425 g/mol. The summed E-state index contributed by atoms with van der Waals surface area (Å²) in [4.78, 5) is 24.3. The van der Waals surface area contributed by atoms with Crippen molar-refractivity contribution >= 4 is 41.5 Å². The van der Waals surface area contributed by atoms with Crippen molar-refractivity contribution in [3.63, 3.8) is 0 Å². The summed E-state index contributed by atoms with van der Waals surface area (Å²) in [5, 5.41) is 13.9. The number of aromatic nitrogens is 2. The lowest BCUT2D eigenvalue weighted by atomic mass is 10.1. The van der Waals surface area contributed by atoms with Crippen LogP contribution in [0.4, 0.5) is 5.69 Å². The molecule has 2 aromatic rings. The van der Waals surface area contributed by atoms with Gasteiger partial charge in [0.1, 0.15) is 5.69 Å². The van der Waals surface area contributed by atoms with Crippen LogP contribution in [-0.4, -0.2) is 41.2 Å². The summed E-state index contributed by atoms with van der Waals surface area (Å²) in [7, 11) is 0. The number of rotatable bonds is 6. The lowest BCUT2D eigenvalue weighted by Crippen LogP contribution is -2.32. The van der Waals surface area contributed by atoms with Gasteiger partial charge in [0.15, 0.2) is 0 Å². The second-order valence-electron chi connectivity index (χ2n) is 6.65. The topological polar surface area (TPSA) is 88.0 Å². The maximum absolute atomic E-state index is 12.2. The number of carbonyl (C=O) groups excluding carboxylic acids is 2. The van der Waals surface area contributed by atoms with E-state index in [1.807, 2.05) is 17.8 Å². The smallest absolute Gasteiger partial charge is 0.271 e. The zero-order valence-corrected chi connectivity index (χ0v) is 17.3. The van der Waals surface area contributed by atoms with Gasteiger partial charge in [0.05, 0.1) is 6.04 Å². The summed E-state index contributed by atoms with van der Waals surface area (Å²) < 4.78 is 1.84. The molecule has 28 heavy (non-hydrogen) atoms. The van der Waals surface area contributed by atoms with Crippen LogP contribution >= 0.6 is 24.0 Å². The molecule has 1 saturated heterocycles. The van der Waals surface area contributed by atoms with Gasteiger partial charge in [0, 0.05) is 36.4 Å². The Morgan fingerprint density at radius 3 is 2.93 bits per heavy atom. The molecule has 3 rings (SSSR count). The third kappa shape index (κ3) is 5.70. The molecule has 0 spiro atoms. The second kappa shape index (κ2) is 10.5. The third-order valence-corrected chi connectivity index (χ3v) is 5.07. The maximum Gasteiger partial charge on any atom is 0.271 e. The van der Waals surface area contributed by atoms with E-state index in [4.69, 9.17) is 11.6 Å². The fourth-order valence-corrected chi connectivity index (χ4v) is 3.23. The van der Waals surface area contributed by atoms with Crippen molar-refractivity contribution in [2.24, 2.45) is 0 Å². The third-order valence-electron chi connectivity index (χ3n) is 4.67. The van der Waals surface area contributed by atoms with E-state index in [0.29, 0.717) is 16.4 Å². The fourth-order valence-electron chi connectivity index (χ4n) is 3.06. The molecular weight excluding hydrogens is 401 g/mol. The van der Waals surface area contributed by atoms with Gasteiger partial charge >= 0.3 is 0 Å². The molecule has 0 bridgehead atoms. The van der Waals surface area contributed by atoms with Crippen molar-refractivity contribution < 1.29 is 9.59 Å². The van der Waals surface area contributed by atoms with Crippen LogP contribution < -0.4 is 16.0 Å². The summed E-state index contributed by atoms with van der Waals surface area (Å²) in [5.74, 6) is -0.455. The number of benzene rings is 1. The molecule has 1 atom stereocenters. The molecule has 9 heteroatoms. The highest BCUT2D eigenvalue weighted by Crippen LogP contribution is 2.22. The van der Waals surface area contributed by atoms with Crippen LogP contribution in [-0.2, 0) is 4.79 Å². The quantitative estimate of drug-likeness (QED) is 0.663. The molecule has 1 aliphatic rings. The zero-order valence-electron chi connectivity index (χ0n) is 15.7. The highest BCUT2D eigenvalue weighted by atomic mass is 35.5. The number of anilines is 1. The molecule has 1 aromatic carbocycles. The van der Waals surface area contributed by atoms with Gasteiger partial charge in [-0.1, -0.05) is 17.7 Å². The number of nitrogens with zero attached hydrogens (tertiary/aromatic N) is 2. The lowest BCUT2D eigenvalue weighted by Gasteiger charge is -2.22. The number of nitrogens with one attached hydrogen (secondary N) is 3. The van der Waals surface area contributed by atoms with Crippen molar-refractivity contribution in [3.05, 3.63) is 46.7 Å². The van der Waals surface area contributed by atoms with Crippen LogP contribution in [0.3, 0.4) is 0 Å². The Labute approximate surface area is 175 Å². The summed E-state index contributed by atoms with van der Waals surface area (Å²) in [6.45, 7) is 3.98. The van der Waals surface area contributed by atoms with Crippen molar-refractivity contribution in [1.82, 2.24) is 20.4 Å². The van der Waals surface area contributed by atoms with Gasteiger partial charge < -0.3 is 16.0 Å². The van der Waals surface area contributed by atoms with Gasteiger partial charge in [-0.2, -0.15) is 5.10 Å². The highest BCUT2D eigenvalue weighted by Gasteiger charge is 2.17. The van der Waals surface area contributed by atoms with Gasteiger partial charge in [0.25, 0.3) is 5.91 Å². The molecule has 3 N–H and O–H groups in total. The SMILES string of the molecule is Cc1c(Cl)cccc1NC(=O)CCNC(=O)c1ccn(C2CCCNC2)n1.Cl. The first-order chi connectivity index (χ1) is 13.0. The standard InChI is InChI=1S/C19H24ClN5O2.ClH/c1-13-15(20)5-2-6-16(13)23-18(26)7-10-22-19(27)17-8-11-25(24-17)14-4-3-9-21-12-14;/h2,5-6,8,11,14,21H,3-4,7,9-10,12H2,1H3,(H,22,27)(H,23,26);1H. The second-order valence-corrected chi connectivity index (χ2v) is 7.05. The number of hydrogen-bond donors (Lipinski definition) is 3. The first kappa shape index (κ1) is 22.2. The lowest BCUT2D eigenvalue weighted by molar-refractivity contribution is -0.116. The van der Waals surface area contributed by atoms with Crippen molar-refractivity contribution in [2.45, 2.75) is 32.2 Å². The maximum atomic E-state index is 12.2. The van der Waals surface area contributed by atoms with Crippen molar-refractivity contribution in [3.8, 4) is 0 Å².